The van der Waals surface area contributed by atoms with E-state index in [1.54, 1.807) is 7.05 Å². The van der Waals surface area contributed by atoms with Crippen LogP contribution in [0.25, 0.3) is 0 Å². The second-order valence-corrected chi connectivity index (χ2v) is 5.33. The Labute approximate surface area is 97.4 Å². The van der Waals surface area contributed by atoms with Crippen LogP contribution in [0.1, 0.15) is 5.82 Å². The third-order valence-electron chi connectivity index (χ3n) is 2.01. The Kier molecular flexibility index (Phi) is 2.76. The number of pyridine rings is 1. The molecule has 0 saturated heterocycles. The molecule has 2 heterocycles. The molecule has 0 aliphatic heterocycles. The van der Waals surface area contributed by atoms with Crippen LogP contribution in [0.15, 0.2) is 23.4 Å². The van der Waals surface area contributed by atoms with Crippen LogP contribution in [-0.4, -0.2) is 33.6 Å². The van der Waals surface area contributed by atoms with Crippen molar-refractivity contribution in [2.75, 3.05) is 5.73 Å². The van der Waals surface area contributed by atoms with Crippen molar-refractivity contribution in [2.24, 2.45) is 7.05 Å². The molecule has 0 bridgehead atoms. The van der Waals surface area contributed by atoms with Crippen molar-refractivity contribution < 1.29 is 8.42 Å². The molecule has 8 nitrogen and oxygen atoms in total. The van der Waals surface area contributed by atoms with Crippen LogP contribution >= 0.6 is 0 Å². The Morgan fingerprint density at radius 3 is 2.82 bits per heavy atom. The lowest BCUT2D eigenvalue weighted by Gasteiger charge is -2.03. The summed E-state index contributed by atoms with van der Waals surface area (Å²) < 4.78 is 24.0. The van der Waals surface area contributed by atoms with Crippen molar-refractivity contribution >= 4 is 15.5 Å². The molecular formula is C8H10N6O2S. The Morgan fingerprint density at radius 2 is 2.24 bits per heavy atom. The summed E-state index contributed by atoms with van der Waals surface area (Å²) in [5.41, 5.74) is 5.67. The van der Waals surface area contributed by atoms with E-state index in [0.29, 0.717) is 0 Å². The van der Waals surface area contributed by atoms with Crippen LogP contribution in [0.3, 0.4) is 0 Å². The summed E-state index contributed by atoms with van der Waals surface area (Å²) in [6.45, 7) is 0. The van der Waals surface area contributed by atoms with Crippen molar-refractivity contribution in [3.63, 3.8) is 0 Å². The Morgan fingerprint density at radius 1 is 1.47 bits per heavy atom. The zero-order valence-electron chi connectivity index (χ0n) is 8.98. The zero-order valence-corrected chi connectivity index (χ0v) is 9.79. The smallest absolute Gasteiger partial charge is 0.190 e. The van der Waals surface area contributed by atoms with Crippen LogP contribution < -0.4 is 5.73 Å². The molecule has 0 atom stereocenters. The fraction of sp³-hybridized carbons (Fsp3) is 0.250. The highest BCUT2D eigenvalue weighted by Crippen LogP contribution is 2.19. The van der Waals surface area contributed by atoms with Gasteiger partial charge in [0.2, 0.25) is 0 Å². The summed E-state index contributed by atoms with van der Waals surface area (Å²) in [6, 6.07) is 1.35. The Bertz CT molecular complexity index is 635. The molecular weight excluding hydrogens is 244 g/mol. The standard InChI is InChI=1S/C8H10N6O2S/c1-14-12-8(11-13-14)5-17(15,16)7-2-3-10-4-6(7)9/h2-4H,5,9H2,1H3. The first-order valence-electron chi connectivity index (χ1n) is 4.64. The van der Waals surface area contributed by atoms with E-state index in [1.807, 2.05) is 0 Å². The fourth-order valence-corrected chi connectivity index (χ4v) is 2.60. The molecule has 0 radical (unpaired) electrons. The molecule has 0 fully saturated rings. The molecule has 9 heteroatoms. The molecule has 0 spiro atoms. The highest BCUT2D eigenvalue weighted by molar-refractivity contribution is 7.90. The van der Waals surface area contributed by atoms with Gasteiger partial charge in [-0.1, -0.05) is 0 Å². The summed E-state index contributed by atoms with van der Waals surface area (Å²) in [5, 5.41) is 11.0. The van der Waals surface area contributed by atoms with Gasteiger partial charge in [0.05, 0.1) is 23.8 Å². The fourth-order valence-electron chi connectivity index (χ4n) is 1.31. The number of sulfone groups is 1. The summed E-state index contributed by atoms with van der Waals surface area (Å²) >= 11 is 0. The molecule has 17 heavy (non-hydrogen) atoms. The Balaban J connectivity index is 2.35. The predicted octanol–water partition coefficient (Wildman–Crippen LogP) is -0.839. The van der Waals surface area contributed by atoms with Crippen molar-refractivity contribution in [1.29, 1.82) is 0 Å². The van der Waals surface area contributed by atoms with Gasteiger partial charge in [-0.25, -0.2) is 8.42 Å². The first kappa shape index (κ1) is 11.5. The molecule has 0 aliphatic carbocycles. The van der Waals surface area contributed by atoms with Crippen molar-refractivity contribution in [2.45, 2.75) is 10.6 Å². The molecule has 0 aliphatic rings. The van der Waals surface area contributed by atoms with Crippen molar-refractivity contribution in [3.8, 4) is 0 Å². The molecule has 2 aromatic rings. The van der Waals surface area contributed by atoms with Crippen LogP contribution in [0.2, 0.25) is 0 Å². The molecule has 2 rings (SSSR count). The number of aromatic nitrogens is 5. The lowest BCUT2D eigenvalue weighted by molar-refractivity contribution is 0.593. The molecule has 2 aromatic heterocycles. The number of rotatable bonds is 3. The molecule has 0 amide bonds. The summed E-state index contributed by atoms with van der Waals surface area (Å²) in [7, 11) is -2.01. The second kappa shape index (κ2) is 4.09. The first-order chi connectivity index (χ1) is 7.99. The van der Waals surface area contributed by atoms with E-state index in [2.05, 4.69) is 20.4 Å². The normalized spacial score (nSPS) is 11.6. The van der Waals surface area contributed by atoms with Crippen molar-refractivity contribution in [3.05, 3.63) is 24.3 Å². The predicted molar refractivity (Wildman–Crippen MR) is 58.3 cm³/mol. The van der Waals surface area contributed by atoms with E-state index in [1.165, 1.54) is 23.3 Å². The highest BCUT2D eigenvalue weighted by atomic mass is 32.2. The number of nitrogen functional groups attached to an aromatic ring is 1. The van der Waals surface area contributed by atoms with Crippen LogP contribution in [0.5, 0.6) is 0 Å². The average molecular weight is 254 g/mol. The lowest BCUT2D eigenvalue weighted by atomic mass is 10.4. The number of aryl methyl sites for hydroxylation is 1. The van der Waals surface area contributed by atoms with E-state index in [9.17, 15) is 8.42 Å². The van der Waals surface area contributed by atoms with Gasteiger partial charge >= 0.3 is 0 Å². The van der Waals surface area contributed by atoms with Gasteiger partial charge in [-0.05, 0) is 11.3 Å². The van der Waals surface area contributed by atoms with Crippen molar-refractivity contribution in [1.82, 2.24) is 25.2 Å². The maximum Gasteiger partial charge on any atom is 0.190 e. The highest BCUT2D eigenvalue weighted by Gasteiger charge is 2.20. The minimum atomic E-state index is -3.57. The Hall–Kier alpha value is -2.03. The van der Waals surface area contributed by atoms with E-state index in [-0.39, 0.29) is 22.2 Å². The molecule has 0 aromatic carbocycles. The van der Waals surface area contributed by atoms with Gasteiger partial charge < -0.3 is 5.73 Å². The number of tetrazole rings is 1. The zero-order chi connectivity index (χ0) is 12.5. The monoisotopic (exact) mass is 254 g/mol. The van der Waals surface area contributed by atoms with Gasteiger partial charge in [0, 0.05) is 6.20 Å². The third-order valence-corrected chi connectivity index (χ3v) is 3.69. The molecule has 0 saturated carbocycles. The number of anilines is 1. The van der Waals surface area contributed by atoms with E-state index in [4.69, 9.17) is 5.73 Å². The topological polar surface area (TPSA) is 117 Å². The number of nitrogens with zero attached hydrogens (tertiary/aromatic N) is 5. The van der Waals surface area contributed by atoms with E-state index < -0.39 is 9.84 Å². The van der Waals surface area contributed by atoms with Crippen LogP contribution in [0.4, 0.5) is 5.69 Å². The van der Waals surface area contributed by atoms with Crippen LogP contribution in [0, 0.1) is 0 Å². The number of hydrogen-bond donors (Lipinski definition) is 1. The average Bonchev–Trinajstić information content (AvgIpc) is 2.63. The summed E-state index contributed by atoms with van der Waals surface area (Å²) in [5.74, 6) is -0.210. The molecule has 2 N–H and O–H groups in total. The van der Waals surface area contributed by atoms with E-state index >= 15 is 0 Å². The van der Waals surface area contributed by atoms with Gasteiger partial charge in [0.25, 0.3) is 0 Å². The third kappa shape index (κ3) is 2.38. The molecule has 90 valence electrons. The maximum absolute atomic E-state index is 12.0. The number of hydrogen-bond acceptors (Lipinski definition) is 7. The van der Waals surface area contributed by atoms with Gasteiger partial charge in [-0.3, -0.25) is 4.98 Å². The maximum atomic E-state index is 12.0. The summed E-state index contributed by atoms with van der Waals surface area (Å²) in [4.78, 5) is 4.96. The van der Waals surface area contributed by atoms with Gasteiger partial charge in [-0.2, -0.15) is 4.80 Å². The van der Waals surface area contributed by atoms with Gasteiger partial charge in [-0.15, -0.1) is 10.2 Å². The SMILES string of the molecule is Cn1nnc(CS(=O)(=O)c2ccncc2N)n1. The minimum absolute atomic E-state index is 0.0277. The van der Waals surface area contributed by atoms with E-state index in [0.717, 1.165) is 0 Å². The lowest BCUT2D eigenvalue weighted by Crippen LogP contribution is -2.09. The number of nitrogens with two attached hydrogens (primary N) is 1. The second-order valence-electron chi connectivity index (χ2n) is 3.37. The van der Waals surface area contributed by atoms with Gasteiger partial charge in [0.15, 0.2) is 15.7 Å². The minimum Gasteiger partial charge on any atom is -0.396 e. The van der Waals surface area contributed by atoms with Crippen LogP contribution in [-0.2, 0) is 22.6 Å². The quantitative estimate of drug-likeness (QED) is 0.758. The van der Waals surface area contributed by atoms with Gasteiger partial charge in [0.1, 0.15) is 5.75 Å². The first-order valence-corrected chi connectivity index (χ1v) is 6.29. The molecule has 0 unspecified atom stereocenters. The largest absolute Gasteiger partial charge is 0.396 e. The summed E-state index contributed by atoms with van der Waals surface area (Å²) in [6.07, 6.45) is 2.66.